The van der Waals surface area contributed by atoms with Crippen LogP contribution in [-0.4, -0.2) is 39.4 Å². The van der Waals surface area contributed by atoms with Gasteiger partial charge in [-0.1, -0.05) is 74.0 Å². The van der Waals surface area contributed by atoms with Crippen LogP contribution in [0.2, 0.25) is 0 Å². The second kappa shape index (κ2) is 11.0. The lowest BCUT2D eigenvalue weighted by Gasteiger charge is -2.24. The van der Waals surface area contributed by atoms with Crippen LogP contribution in [0.25, 0.3) is 16.9 Å². The summed E-state index contributed by atoms with van der Waals surface area (Å²) in [5, 5.41) is 2.96. The van der Waals surface area contributed by atoms with Gasteiger partial charge >= 0.3 is 0 Å². The number of carbonyl (C=O) groups excluding carboxylic acids is 2. The Balaban J connectivity index is 1.61. The van der Waals surface area contributed by atoms with Gasteiger partial charge in [-0.15, -0.1) is 0 Å². The van der Waals surface area contributed by atoms with Crippen molar-refractivity contribution in [1.29, 1.82) is 0 Å². The van der Waals surface area contributed by atoms with E-state index in [0.717, 1.165) is 28.1 Å². The summed E-state index contributed by atoms with van der Waals surface area (Å²) in [5.74, 6) is 0.170. The van der Waals surface area contributed by atoms with Crippen molar-refractivity contribution in [3.05, 3.63) is 102 Å². The first-order valence-corrected chi connectivity index (χ1v) is 12.2. The Morgan fingerprint density at radius 2 is 1.64 bits per heavy atom. The highest BCUT2D eigenvalue weighted by Crippen LogP contribution is 2.25. The molecule has 3 aromatic carbocycles. The molecule has 36 heavy (non-hydrogen) atoms. The molecule has 0 aliphatic rings. The van der Waals surface area contributed by atoms with Crippen molar-refractivity contribution in [3.8, 4) is 16.9 Å². The largest absolute Gasteiger partial charge is 0.329 e. The van der Waals surface area contributed by atoms with E-state index in [1.807, 2.05) is 105 Å². The monoisotopic (exact) mass is 480 g/mol. The van der Waals surface area contributed by atoms with Gasteiger partial charge in [0.1, 0.15) is 6.54 Å². The smallest absolute Gasteiger partial charge is 0.254 e. The topological polar surface area (TPSA) is 67.2 Å². The van der Waals surface area contributed by atoms with Gasteiger partial charge < -0.3 is 4.90 Å². The molecule has 0 aliphatic carbocycles. The van der Waals surface area contributed by atoms with E-state index >= 15 is 0 Å². The molecule has 6 heteroatoms. The van der Waals surface area contributed by atoms with Crippen LogP contribution in [0.5, 0.6) is 0 Å². The number of amides is 2. The molecule has 184 valence electrons. The third kappa shape index (κ3) is 6.08. The first-order chi connectivity index (χ1) is 17.3. The minimum Gasteiger partial charge on any atom is -0.329 e. The molecule has 4 rings (SSSR count). The Morgan fingerprint density at radius 1 is 0.917 bits per heavy atom. The molecule has 2 amide bonds. The van der Waals surface area contributed by atoms with Crippen molar-refractivity contribution < 1.29 is 9.59 Å². The molecule has 1 N–H and O–H groups in total. The second-order valence-electron chi connectivity index (χ2n) is 9.52. The number of nitrogens with zero attached hydrogens (tertiary/aromatic N) is 3. The number of hydrogen-bond acceptors (Lipinski definition) is 3. The van der Waals surface area contributed by atoms with Crippen LogP contribution in [0, 0.1) is 19.8 Å². The number of benzene rings is 3. The van der Waals surface area contributed by atoms with E-state index in [1.165, 1.54) is 0 Å². The molecular weight excluding hydrogens is 448 g/mol. The third-order valence-electron chi connectivity index (χ3n) is 5.81. The lowest BCUT2D eigenvalue weighted by molar-refractivity contribution is -0.117. The van der Waals surface area contributed by atoms with E-state index in [0.29, 0.717) is 18.1 Å². The first-order valence-electron chi connectivity index (χ1n) is 12.2. The van der Waals surface area contributed by atoms with Crippen molar-refractivity contribution in [2.24, 2.45) is 5.92 Å². The molecular formula is C30H32N4O2. The molecule has 0 saturated heterocycles. The maximum atomic E-state index is 13.2. The van der Waals surface area contributed by atoms with Gasteiger partial charge in [-0.25, -0.2) is 4.98 Å². The van der Waals surface area contributed by atoms with Crippen LogP contribution >= 0.6 is 0 Å². The molecule has 1 aromatic heterocycles. The molecule has 0 saturated carbocycles. The standard InChI is InChI=1S/C30H32N4O2/c1-21(2)18-33(29(36)25-15-13-22(3)14-16-25)20-28(35)32-30-31-27(24-10-6-5-7-11-24)19-34(30)26-12-8-9-23(4)17-26/h5-17,19,21H,18,20H2,1-4H3,(H,31,32,35). The summed E-state index contributed by atoms with van der Waals surface area (Å²) in [7, 11) is 0. The number of imidazole rings is 1. The van der Waals surface area contributed by atoms with Crippen molar-refractivity contribution in [3.63, 3.8) is 0 Å². The number of carbonyl (C=O) groups is 2. The molecule has 0 aliphatic heterocycles. The summed E-state index contributed by atoms with van der Waals surface area (Å²) in [5.41, 5.74) is 5.36. The maximum absolute atomic E-state index is 13.2. The third-order valence-corrected chi connectivity index (χ3v) is 5.81. The van der Waals surface area contributed by atoms with Gasteiger partial charge in [-0.2, -0.15) is 0 Å². The second-order valence-corrected chi connectivity index (χ2v) is 9.52. The minimum absolute atomic E-state index is 0.0633. The zero-order valence-electron chi connectivity index (χ0n) is 21.2. The van der Waals surface area contributed by atoms with E-state index in [4.69, 9.17) is 4.98 Å². The summed E-state index contributed by atoms with van der Waals surface area (Å²) in [6.07, 6.45) is 1.92. The van der Waals surface area contributed by atoms with E-state index in [9.17, 15) is 9.59 Å². The minimum atomic E-state index is -0.296. The van der Waals surface area contributed by atoms with Crippen molar-refractivity contribution in [2.75, 3.05) is 18.4 Å². The summed E-state index contributed by atoms with van der Waals surface area (Å²) in [6.45, 7) is 8.48. The zero-order valence-corrected chi connectivity index (χ0v) is 21.2. The number of nitrogens with one attached hydrogen (secondary N) is 1. The highest BCUT2D eigenvalue weighted by Gasteiger charge is 2.21. The number of aromatic nitrogens is 2. The van der Waals surface area contributed by atoms with E-state index < -0.39 is 0 Å². The first kappa shape index (κ1) is 24.9. The Kier molecular flexibility index (Phi) is 7.64. The molecule has 0 atom stereocenters. The number of aryl methyl sites for hydroxylation is 2. The van der Waals surface area contributed by atoms with Crippen molar-refractivity contribution in [1.82, 2.24) is 14.5 Å². The van der Waals surface area contributed by atoms with Gasteiger partial charge in [0.15, 0.2) is 0 Å². The van der Waals surface area contributed by atoms with E-state index in [1.54, 1.807) is 17.0 Å². The van der Waals surface area contributed by atoms with E-state index in [2.05, 4.69) is 5.32 Å². The Morgan fingerprint density at radius 3 is 2.31 bits per heavy atom. The van der Waals surface area contributed by atoms with Gasteiger partial charge in [0.05, 0.1) is 5.69 Å². The lowest BCUT2D eigenvalue weighted by Crippen LogP contribution is -2.40. The van der Waals surface area contributed by atoms with Gasteiger partial charge in [-0.3, -0.25) is 19.5 Å². The number of hydrogen-bond donors (Lipinski definition) is 1. The highest BCUT2D eigenvalue weighted by molar-refractivity contribution is 5.99. The van der Waals surface area contributed by atoms with E-state index in [-0.39, 0.29) is 24.3 Å². The fourth-order valence-electron chi connectivity index (χ4n) is 4.07. The average Bonchev–Trinajstić information content (AvgIpc) is 3.27. The molecule has 0 unspecified atom stereocenters. The molecule has 1 heterocycles. The Bertz CT molecular complexity index is 1340. The summed E-state index contributed by atoms with van der Waals surface area (Å²) >= 11 is 0. The molecule has 4 aromatic rings. The summed E-state index contributed by atoms with van der Waals surface area (Å²) in [4.78, 5) is 32.8. The zero-order chi connectivity index (χ0) is 25.7. The fraction of sp³-hybridized carbons (Fsp3) is 0.233. The number of anilines is 1. The summed E-state index contributed by atoms with van der Waals surface area (Å²) < 4.78 is 1.88. The average molecular weight is 481 g/mol. The Hall–Kier alpha value is -4.19. The van der Waals surface area contributed by atoms with Gasteiger partial charge in [-0.05, 0) is 49.6 Å². The molecule has 6 nitrogen and oxygen atoms in total. The predicted octanol–water partition coefficient (Wildman–Crippen LogP) is 5.89. The van der Waals surface area contributed by atoms with Gasteiger partial charge in [0, 0.05) is 29.6 Å². The molecule has 0 bridgehead atoms. The predicted molar refractivity (Wildman–Crippen MR) is 144 cm³/mol. The normalized spacial score (nSPS) is 10.9. The van der Waals surface area contributed by atoms with Gasteiger partial charge in [0.25, 0.3) is 5.91 Å². The van der Waals surface area contributed by atoms with Crippen LogP contribution < -0.4 is 5.32 Å². The molecule has 0 fully saturated rings. The SMILES string of the molecule is Cc1ccc(C(=O)N(CC(=O)Nc2nc(-c3ccccc3)cn2-c2cccc(C)c2)CC(C)C)cc1. The van der Waals surface area contributed by atoms with Gasteiger partial charge in [0.2, 0.25) is 11.9 Å². The van der Waals surface area contributed by atoms with Crippen molar-refractivity contribution >= 4 is 17.8 Å². The quantitative estimate of drug-likeness (QED) is 0.342. The highest BCUT2D eigenvalue weighted by atomic mass is 16.2. The van der Waals surface area contributed by atoms with Crippen LogP contribution in [-0.2, 0) is 4.79 Å². The van der Waals surface area contributed by atoms with Crippen LogP contribution in [0.1, 0.15) is 35.3 Å². The molecule has 0 spiro atoms. The summed E-state index contributed by atoms with van der Waals surface area (Å²) in [6, 6.07) is 25.3. The lowest BCUT2D eigenvalue weighted by atomic mass is 10.1. The fourth-order valence-corrected chi connectivity index (χ4v) is 4.07. The number of rotatable bonds is 8. The van der Waals surface area contributed by atoms with Crippen LogP contribution in [0.15, 0.2) is 85.1 Å². The molecule has 0 radical (unpaired) electrons. The van der Waals surface area contributed by atoms with Crippen LogP contribution in [0.4, 0.5) is 5.95 Å². The van der Waals surface area contributed by atoms with Crippen molar-refractivity contribution in [2.45, 2.75) is 27.7 Å². The maximum Gasteiger partial charge on any atom is 0.254 e. The van der Waals surface area contributed by atoms with Crippen LogP contribution in [0.3, 0.4) is 0 Å². The Labute approximate surface area is 212 Å².